The minimum Gasteiger partial charge on any atom is -0.393 e. The van der Waals surface area contributed by atoms with E-state index in [1.807, 2.05) is 6.92 Å². The predicted molar refractivity (Wildman–Crippen MR) is 56.5 cm³/mol. The predicted octanol–water partition coefficient (Wildman–Crippen LogP) is 3.06. The molecule has 0 aromatic carbocycles. The quantitative estimate of drug-likeness (QED) is 0.705. The molecule has 1 nitrogen and oxygen atoms in total. The molecule has 0 fully saturated rings. The molecule has 0 amide bonds. The van der Waals surface area contributed by atoms with Crippen LogP contribution in [0.2, 0.25) is 0 Å². The molecule has 0 spiro atoms. The summed E-state index contributed by atoms with van der Waals surface area (Å²) in [7, 11) is 0. The third-order valence-corrected chi connectivity index (χ3v) is 3.00. The Hall–Kier alpha value is -0.560. The van der Waals surface area contributed by atoms with Crippen molar-refractivity contribution in [3.05, 3.63) is 24.3 Å². The van der Waals surface area contributed by atoms with Crippen molar-refractivity contribution in [3.8, 4) is 0 Å². The summed E-state index contributed by atoms with van der Waals surface area (Å²) in [5, 5.41) is 9.77. The number of allylic oxidation sites excluding steroid dienone is 3. The summed E-state index contributed by atoms with van der Waals surface area (Å²) in [4.78, 5) is 0. The zero-order valence-electron chi connectivity index (χ0n) is 8.66. The van der Waals surface area contributed by atoms with Gasteiger partial charge in [0.05, 0.1) is 6.10 Å². The van der Waals surface area contributed by atoms with Gasteiger partial charge in [-0.3, -0.25) is 0 Å². The number of hydrogen-bond donors (Lipinski definition) is 1. The van der Waals surface area contributed by atoms with Gasteiger partial charge >= 0.3 is 0 Å². The van der Waals surface area contributed by atoms with Gasteiger partial charge in [0.25, 0.3) is 0 Å². The molecule has 13 heavy (non-hydrogen) atoms. The zero-order valence-corrected chi connectivity index (χ0v) is 8.66. The van der Waals surface area contributed by atoms with Crippen LogP contribution in [0, 0.1) is 5.41 Å². The van der Waals surface area contributed by atoms with Gasteiger partial charge in [-0.05, 0) is 19.8 Å². The maximum atomic E-state index is 9.77. The first-order valence-electron chi connectivity index (χ1n) is 5.24. The maximum Gasteiger partial charge on any atom is 0.0605 e. The van der Waals surface area contributed by atoms with Crippen LogP contribution in [0.4, 0.5) is 0 Å². The number of unbranched alkanes of at least 4 members (excludes halogenated alkanes) is 1. The second-order valence-electron chi connectivity index (χ2n) is 4.00. The minimum atomic E-state index is -0.236. The van der Waals surface area contributed by atoms with E-state index in [1.165, 1.54) is 12.8 Å². The van der Waals surface area contributed by atoms with E-state index in [-0.39, 0.29) is 11.5 Å². The first-order chi connectivity index (χ1) is 6.21. The average Bonchev–Trinajstić information content (AvgIpc) is 2.16. The van der Waals surface area contributed by atoms with Gasteiger partial charge in [-0.2, -0.15) is 0 Å². The first kappa shape index (κ1) is 10.5. The third kappa shape index (κ3) is 2.44. The van der Waals surface area contributed by atoms with E-state index in [2.05, 4.69) is 31.2 Å². The van der Waals surface area contributed by atoms with Crippen molar-refractivity contribution in [1.29, 1.82) is 0 Å². The first-order valence-corrected chi connectivity index (χ1v) is 5.24. The number of aliphatic hydroxyl groups is 1. The summed E-state index contributed by atoms with van der Waals surface area (Å²) in [6.07, 6.45) is 12.7. The lowest BCUT2D eigenvalue weighted by molar-refractivity contribution is 0.0671. The normalized spacial score (nSPS) is 29.2. The molecule has 0 radical (unpaired) electrons. The fraction of sp³-hybridized carbons (Fsp3) is 0.667. The molecule has 1 N–H and O–H groups in total. The van der Waals surface area contributed by atoms with Crippen LogP contribution >= 0.6 is 0 Å². The molecule has 0 heterocycles. The highest BCUT2D eigenvalue weighted by Crippen LogP contribution is 2.36. The van der Waals surface area contributed by atoms with Gasteiger partial charge in [-0.15, -0.1) is 0 Å². The molecule has 0 saturated heterocycles. The highest BCUT2D eigenvalue weighted by atomic mass is 16.3. The Morgan fingerprint density at radius 3 is 2.69 bits per heavy atom. The number of aliphatic hydroxyl groups excluding tert-OH is 1. The van der Waals surface area contributed by atoms with E-state index in [0.29, 0.717) is 0 Å². The standard InChI is InChI=1S/C12H20O/c1-3-4-8-12(11(2)13)9-6-5-7-10-12/h5-7,9,11,13H,3-4,8,10H2,1-2H3. The van der Waals surface area contributed by atoms with E-state index >= 15 is 0 Å². The van der Waals surface area contributed by atoms with Crippen molar-refractivity contribution in [2.75, 3.05) is 0 Å². The monoisotopic (exact) mass is 180 g/mol. The summed E-state index contributed by atoms with van der Waals surface area (Å²) in [5.74, 6) is 0. The lowest BCUT2D eigenvalue weighted by Gasteiger charge is -2.34. The van der Waals surface area contributed by atoms with Gasteiger partial charge < -0.3 is 5.11 Å². The smallest absolute Gasteiger partial charge is 0.0605 e. The Morgan fingerprint density at radius 2 is 2.23 bits per heavy atom. The largest absolute Gasteiger partial charge is 0.393 e. The maximum absolute atomic E-state index is 9.77. The molecule has 0 aromatic rings. The molecule has 1 aliphatic rings. The van der Waals surface area contributed by atoms with Crippen molar-refractivity contribution < 1.29 is 5.11 Å². The van der Waals surface area contributed by atoms with Crippen LogP contribution in [0.3, 0.4) is 0 Å². The highest BCUT2D eigenvalue weighted by Gasteiger charge is 2.31. The Bertz CT molecular complexity index is 203. The summed E-state index contributed by atoms with van der Waals surface area (Å²) >= 11 is 0. The molecule has 0 aromatic heterocycles. The van der Waals surface area contributed by atoms with Gasteiger partial charge in [0.15, 0.2) is 0 Å². The summed E-state index contributed by atoms with van der Waals surface area (Å²) in [5.41, 5.74) is 0.0186. The second-order valence-corrected chi connectivity index (χ2v) is 4.00. The molecule has 0 bridgehead atoms. The van der Waals surface area contributed by atoms with Gasteiger partial charge in [0, 0.05) is 5.41 Å². The van der Waals surface area contributed by atoms with Crippen LogP contribution in [0.25, 0.3) is 0 Å². The average molecular weight is 180 g/mol. The van der Waals surface area contributed by atoms with Gasteiger partial charge in [0.2, 0.25) is 0 Å². The van der Waals surface area contributed by atoms with Crippen molar-refractivity contribution in [3.63, 3.8) is 0 Å². The second kappa shape index (κ2) is 4.61. The minimum absolute atomic E-state index is 0.0186. The Labute approximate surface area is 81.2 Å². The lowest BCUT2D eigenvalue weighted by Crippen LogP contribution is -2.31. The van der Waals surface area contributed by atoms with Gasteiger partial charge in [-0.1, -0.05) is 44.1 Å². The topological polar surface area (TPSA) is 20.2 Å². The molecule has 0 saturated carbocycles. The van der Waals surface area contributed by atoms with Crippen LogP contribution < -0.4 is 0 Å². The van der Waals surface area contributed by atoms with E-state index in [9.17, 15) is 5.11 Å². The highest BCUT2D eigenvalue weighted by molar-refractivity contribution is 5.17. The molecule has 1 heteroatoms. The fourth-order valence-corrected chi connectivity index (χ4v) is 1.89. The molecule has 0 aliphatic heterocycles. The van der Waals surface area contributed by atoms with E-state index in [0.717, 1.165) is 12.8 Å². The van der Waals surface area contributed by atoms with Gasteiger partial charge in [0.1, 0.15) is 0 Å². The Balaban J connectivity index is 2.64. The summed E-state index contributed by atoms with van der Waals surface area (Å²) < 4.78 is 0. The zero-order chi connectivity index (χ0) is 9.73. The molecule has 74 valence electrons. The fourth-order valence-electron chi connectivity index (χ4n) is 1.89. The summed E-state index contributed by atoms with van der Waals surface area (Å²) in [6, 6.07) is 0. The molecule has 2 atom stereocenters. The summed E-state index contributed by atoms with van der Waals surface area (Å²) in [6.45, 7) is 4.09. The third-order valence-electron chi connectivity index (χ3n) is 3.00. The van der Waals surface area contributed by atoms with E-state index in [4.69, 9.17) is 0 Å². The van der Waals surface area contributed by atoms with Crippen LogP contribution in [-0.4, -0.2) is 11.2 Å². The van der Waals surface area contributed by atoms with Crippen molar-refractivity contribution in [1.82, 2.24) is 0 Å². The number of hydrogen-bond acceptors (Lipinski definition) is 1. The van der Waals surface area contributed by atoms with Crippen LogP contribution in [-0.2, 0) is 0 Å². The van der Waals surface area contributed by atoms with E-state index in [1.54, 1.807) is 0 Å². The lowest BCUT2D eigenvalue weighted by atomic mass is 9.73. The molecule has 1 aliphatic carbocycles. The van der Waals surface area contributed by atoms with Crippen LogP contribution in [0.1, 0.15) is 39.5 Å². The van der Waals surface area contributed by atoms with Crippen LogP contribution in [0.5, 0.6) is 0 Å². The Morgan fingerprint density at radius 1 is 1.46 bits per heavy atom. The van der Waals surface area contributed by atoms with Crippen LogP contribution in [0.15, 0.2) is 24.3 Å². The van der Waals surface area contributed by atoms with Crippen molar-refractivity contribution in [2.45, 2.75) is 45.6 Å². The Kier molecular flexibility index (Phi) is 3.73. The molecular formula is C12H20O. The molecule has 2 unspecified atom stereocenters. The molecule has 1 rings (SSSR count). The van der Waals surface area contributed by atoms with Crippen molar-refractivity contribution in [2.24, 2.45) is 5.41 Å². The van der Waals surface area contributed by atoms with E-state index < -0.39 is 0 Å². The van der Waals surface area contributed by atoms with Gasteiger partial charge in [-0.25, -0.2) is 0 Å². The molecular weight excluding hydrogens is 160 g/mol. The SMILES string of the molecule is CCCCC1(C(C)O)C=CC=CC1. The van der Waals surface area contributed by atoms with Crippen molar-refractivity contribution >= 4 is 0 Å². The number of rotatable bonds is 4.